The number of nitrogens with one attached hydrogen (secondary N) is 1. The van der Waals surface area contributed by atoms with Gasteiger partial charge in [0.1, 0.15) is 18.4 Å². The molecule has 1 atom stereocenters. The van der Waals surface area contributed by atoms with Crippen LogP contribution >= 0.6 is 23.2 Å². The van der Waals surface area contributed by atoms with Gasteiger partial charge in [-0.2, -0.15) is 0 Å². The summed E-state index contributed by atoms with van der Waals surface area (Å²) in [5, 5.41) is 3.21. The molecule has 0 bridgehead atoms. The van der Waals surface area contributed by atoms with Crippen LogP contribution in [0.5, 0.6) is 11.5 Å². The monoisotopic (exact) mass is 625 g/mol. The van der Waals surface area contributed by atoms with Gasteiger partial charge in [-0.25, -0.2) is 12.8 Å². The van der Waals surface area contributed by atoms with Crippen LogP contribution in [0.15, 0.2) is 65.6 Å². The fourth-order valence-electron chi connectivity index (χ4n) is 4.16. The minimum atomic E-state index is -4.41. The summed E-state index contributed by atoms with van der Waals surface area (Å²) in [5.74, 6) is -1.27. The van der Waals surface area contributed by atoms with Crippen LogP contribution in [-0.4, -0.2) is 59.0 Å². The van der Waals surface area contributed by atoms with Crippen LogP contribution < -0.4 is 19.1 Å². The number of likely N-dealkylation sites (N-methyl/N-ethyl adjacent to an activating group) is 1. The molecule has 3 rings (SSSR count). The van der Waals surface area contributed by atoms with Crippen LogP contribution in [-0.2, 0) is 26.2 Å². The quantitative estimate of drug-likeness (QED) is 0.307. The van der Waals surface area contributed by atoms with Gasteiger partial charge in [0.15, 0.2) is 11.5 Å². The van der Waals surface area contributed by atoms with Crippen molar-refractivity contribution >= 4 is 50.7 Å². The number of rotatable bonds is 12. The number of sulfonamides is 1. The van der Waals surface area contributed by atoms with Crippen molar-refractivity contribution in [1.29, 1.82) is 0 Å². The van der Waals surface area contributed by atoms with E-state index in [-0.39, 0.29) is 34.3 Å². The highest BCUT2D eigenvalue weighted by molar-refractivity contribution is 7.92. The molecule has 0 radical (unpaired) electrons. The van der Waals surface area contributed by atoms with E-state index in [9.17, 15) is 22.4 Å². The number of hydrogen-bond acceptors (Lipinski definition) is 6. The summed E-state index contributed by atoms with van der Waals surface area (Å²) in [6.45, 7) is 0.914. The molecule has 1 N–H and O–H groups in total. The van der Waals surface area contributed by atoms with E-state index < -0.39 is 40.2 Å². The van der Waals surface area contributed by atoms with Crippen LogP contribution in [0.2, 0.25) is 10.0 Å². The summed E-state index contributed by atoms with van der Waals surface area (Å²) >= 11 is 12.4. The molecule has 41 heavy (non-hydrogen) atoms. The average molecular weight is 627 g/mol. The van der Waals surface area contributed by atoms with Crippen LogP contribution in [0.1, 0.15) is 18.9 Å². The zero-order valence-electron chi connectivity index (χ0n) is 22.9. The molecule has 0 aromatic heterocycles. The van der Waals surface area contributed by atoms with Crippen molar-refractivity contribution in [2.45, 2.75) is 30.8 Å². The maximum Gasteiger partial charge on any atom is 0.264 e. The van der Waals surface area contributed by atoms with Crippen LogP contribution in [0.4, 0.5) is 10.1 Å². The van der Waals surface area contributed by atoms with Gasteiger partial charge >= 0.3 is 0 Å². The summed E-state index contributed by atoms with van der Waals surface area (Å²) in [6, 6.07) is 12.4. The Morgan fingerprint density at radius 2 is 1.63 bits per heavy atom. The molecule has 13 heteroatoms. The third-order valence-corrected chi connectivity index (χ3v) is 8.68. The predicted octanol–water partition coefficient (Wildman–Crippen LogP) is 4.90. The minimum absolute atomic E-state index is 0.0343. The number of nitrogens with zero attached hydrogens (tertiary/aromatic N) is 2. The Kier molecular flexibility index (Phi) is 10.8. The Hall–Kier alpha value is -3.54. The first kappa shape index (κ1) is 32.0. The Morgan fingerprint density at radius 1 is 0.976 bits per heavy atom. The first-order valence-electron chi connectivity index (χ1n) is 12.4. The van der Waals surface area contributed by atoms with Gasteiger partial charge in [-0.1, -0.05) is 36.2 Å². The summed E-state index contributed by atoms with van der Waals surface area (Å²) in [6.07, 6.45) is 0.232. The first-order valence-corrected chi connectivity index (χ1v) is 14.6. The molecule has 0 fully saturated rings. The number of ether oxygens (including phenoxy) is 2. The van der Waals surface area contributed by atoms with Crippen LogP contribution in [0.25, 0.3) is 0 Å². The SMILES string of the molecule is CC[C@@H](C(=O)NC)N(Cc1ccc(Cl)cc1Cl)C(=O)CN(c1ccc(F)cc1)S(=O)(=O)c1ccc(OC)c(OC)c1. The van der Waals surface area contributed by atoms with Crippen molar-refractivity contribution < 1.29 is 31.9 Å². The number of carbonyl (C=O) groups is 2. The van der Waals surface area contributed by atoms with Gasteiger partial charge in [-0.3, -0.25) is 13.9 Å². The zero-order chi connectivity index (χ0) is 30.3. The van der Waals surface area contributed by atoms with E-state index in [0.717, 1.165) is 16.4 Å². The third kappa shape index (κ3) is 7.41. The fraction of sp³-hybridized carbons (Fsp3) is 0.286. The van der Waals surface area contributed by atoms with Crippen molar-refractivity contribution in [2.75, 3.05) is 32.1 Å². The number of carbonyl (C=O) groups excluding carboxylic acids is 2. The number of methoxy groups -OCH3 is 2. The van der Waals surface area contributed by atoms with Gasteiger partial charge in [0.25, 0.3) is 10.0 Å². The topological polar surface area (TPSA) is 105 Å². The lowest BCUT2D eigenvalue weighted by Crippen LogP contribution is -2.51. The fourth-order valence-corrected chi connectivity index (χ4v) is 6.06. The summed E-state index contributed by atoms with van der Waals surface area (Å²) in [5.41, 5.74) is 0.537. The molecule has 0 unspecified atom stereocenters. The Bertz CT molecular complexity index is 1510. The predicted molar refractivity (Wildman–Crippen MR) is 156 cm³/mol. The maximum atomic E-state index is 14.0. The highest BCUT2D eigenvalue weighted by Gasteiger charge is 2.34. The Morgan fingerprint density at radius 3 is 2.20 bits per heavy atom. The normalized spacial score (nSPS) is 11.9. The van der Waals surface area contributed by atoms with Gasteiger partial charge in [0.05, 0.1) is 24.8 Å². The van der Waals surface area contributed by atoms with E-state index >= 15 is 0 Å². The summed E-state index contributed by atoms with van der Waals surface area (Å²) in [7, 11) is -0.204. The molecule has 0 aliphatic rings. The molecular formula is C28H30Cl2FN3O6S. The molecule has 3 aromatic carbocycles. The lowest BCUT2D eigenvalue weighted by Gasteiger charge is -2.33. The first-order chi connectivity index (χ1) is 19.5. The largest absolute Gasteiger partial charge is 0.493 e. The van der Waals surface area contributed by atoms with Gasteiger partial charge in [0, 0.05) is 29.7 Å². The molecule has 0 spiro atoms. The minimum Gasteiger partial charge on any atom is -0.493 e. The molecular weight excluding hydrogens is 596 g/mol. The third-order valence-electron chi connectivity index (χ3n) is 6.32. The van der Waals surface area contributed by atoms with Crippen molar-refractivity contribution in [1.82, 2.24) is 10.2 Å². The van der Waals surface area contributed by atoms with Crippen molar-refractivity contribution in [3.8, 4) is 11.5 Å². The average Bonchev–Trinajstić information content (AvgIpc) is 2.96. The molecule has 0 saturated carbocycles. The van der Waals surface area contributed by atoms with E-state index in [1.54, 1.807) is 19.1 Å². The zero-order valence-corrected chi connectivity index (χ0v) is 25.2. The van der Waals surface area contributed by atoms with Gasteiger partial charge in [0.2, 0.25) is 11.8 Å². The van der Waals surface area contributed by atoms with Gasteiger partial charge in [-0.15, -0.1) is 0 Å². The number of benzene rings is 3. The standard InChI is InChI=1S/C28H30Cl2FN3O6S/c1-5-24(28(36)32-2)33(16-18-6-7-19(29)14-23(18)30)27(35)17-34(21-10-8-20(31)9-11-21)41(37,38)22-12-13-25(39-3)26(15-22)40-4/h6-15,24H,5,16-17H2,1-4H3,(H,32,36)/t24-/m0/s1. The number of halogens is 3. The molecule has 0 aliphatic heterocycles. The molecule has 0 heterocycles. The molecule has 220 valence electrons. The van der Waals surface area contributed by atoms with Crippen molar-refractivity contribution in [2.24, 2.45) is 0 Å². The maximum absolute atomic E-state index is 14.0. The van der Waals surface area contributed by atoms with Gasteiger partial charge < -0.3 is 19.7 Å². The highest BCUT2D eigenvalue weighted by atomic mass is 35.5. The van der Waals surface area contributed by atoms with E-state index in [1.165, 1.54) is 62.6 Å². The highest BCUT2D eigenvalue weighted by Crippen LogP contribution is 2.33. The Labute approximate surface area is 248 Å². The number of hydrogen-bond donors (Lipinski definition) is 1. The second kappa shape index (κ2) is 13.9. The van der Waals surface area contributed by atoms with Crippen molar-refractivity contribution in [3.63, 3.8) is 0 Å². The van der Waals surface area contributed by atoms with Gasteiger partial charge in [-0.05, 0) is 60.5 Å². The molecule has 2 amide bonds. The second-order valence-corrected chi connectivity index (χ2v) is 11.5. The second-order valence-electron chi connectivity index (χ2n) is 8.80. The lowest BCUT2D eigenvalue weighted by atomic mass is 10.1. The van der Waals surface area contributed by atoms with Crippen molar-refractivity contribution in [3.05, 3.63) is 82.1 Å². The Balaban J connectivity index is 2.11. The molecule has 9 nitrogen and oxygen atoms in total. The van der Waals surface area contributed by atoms with Crippen LogP contribution in [0, 0.1) is 5.82 Å². The molecule has 0 aliphatic carbocycles. The van der Waals surface area contributed by atoms with E-state index in [4.69, 9.17) is 32.7 Å². The number of anilines is 1. The van der Waals surface area contributed by atoms with E-state index in [0.29, 0.717) is 16.3 Å². The number of amides is 2. The lowest BCUT2D eigenvalue weighted by molar-refractivity contribution is -0.140. The van der Waals surface area contributed by atoms with E-state index in [2.05, 4.69) is 5.32 Å². The smallest absolute Gasteiger partial charge is 0.264 e. The van der Waals surface area contributed by atoms with E-state index in [1.807, 2.05) is 0 Å². The summed E-state index contributed by atoms with van der Waals surface area (Å²) in [4.78, 5) is 27.8. The summed E-state index contributed by atoms with van der Waals surface area (Å²) < 4.78 is 53.1. The molecule has 0 saturated heterocycles. The van der Waals surface area contributed by atoms with Crippen LogP contribution in [0.3, 0.4) is 0 Å². The molecule has 3 aromatic rings.